The Bertz CT molecular complexity index is 1140. The Morgan fingerprint density at radius 1 is 0.938 bits per heavy atom. The summed E-state index contributed by atoms with van der Waals surface area (Å²) < 4.78 is 3.82. The van der Waals surface area contributed by atoms with Crippen molar-refractivity contribution in [3.05, 3.63) is 113 Å². The first-order valence-electron chi connectivity index (χ1n) is 10.1. The van der Waals surface area contributed by atoms with Crippen molar-refractivity contribution < 1.29 is 9.59 Å². The molecule has 2 aromatic heterocycles. The molecule has 0 aliphatic rings. The topological polar surface area (TPSA) is 88.1 Å². The lowest BCUT2D eigenvalue weighted by molar-refractivity contribution is -0.126. The zero-order valence-electron chi connectivity index (χ0n) is 17.2. The highest BCUT2D eigenvalue weighted by molar-refractivity contribution is 7.03. The van der Waals surface area contributed by atoms with E-state index in [9.17, 15) is 9.59 Å². The third-order valence-corrected chi connectivity index (χ3v) is 5.41. The highest BCUT2D eigenvalue weighted by Crippen LogP contribution is 2.25. The molecule has 0 fully saturated rings. The maximum atomic E-state index is 13.5. The third-order valence-electron chi connectivity index (χ3n) is 4.91. The summed E-state index contributed by atoms with van der Waals surface area (Å²) in [4.78, 5) is 32.6. The highest BCUT2D eigenvalue weighted by Gasteiger charge is 2.33. The summed E-state index contributed by atoms with van der Waals surface area (Å²) in [5.74, 6) is -0.666. The van der Waals surface area contributed by atoms with Gasteiger partial charge < -0.3 is 10.2 Å². The van der Waals surface area contributed by atoms with Crippen LogP contribution in [0.15, 0.2) is 90.6 Å². The minimum Gasteiger partial charge on any atom is -0.350 e. The number of amides is 2. The lowest BCUT2D eigenvalue weighted by atomic mass is 10.0. The molecule has 8 heteroatoms. The molecule has 1 unspecified atom stereocenters. The molecule has 0 saturated heterocycles. The molecule has 0 bridgehead atoms. The molecule has 0 radical (unpaired) electrons. The van der Waals surface area contributed by atoms with Gasteiger partial charge in [-0.15, -0.1) is 5.10 Å². The van der Waals surface area contributed by atoms with Gasteiger partial charge in [0, 0.05) is 36.4 Å². The zero-order chi connectivity index (χ0) is 22.2. The number of nitrogens with one attached hydrogen (secondary N) is 1. The van der Waals surface area contributed by atoms with Gasteiger partial charge in [0.05, 0.1) is 0 Å². The molecule has 0 aliphatic heterocycles. The van der Waals surface area contributed by atoms with Crippen molar-refractivity contribution in [2.45, 2.75) is 19.1 Å². The molecule has 0 saturated carbocycles. The third kappa shape index (κ3) is 5.22. The van der Waals surface area contributed by atoms with Gasteiger partial charge in [0.25, 0.3) is 5.91 Å². The van der Waals surface area contributed by atoms with Gasteiger partial charge in [0.2, 0.25) is 5.91 Å². The summed E-state index contributed by atoms with van der Waals surface area (Å²) in [7, 11) is 0. The summed E-state index contributed by atoms with van der Waals surface area (Å²) in [5, 5.41) is 8.49. The Morgan fingerprint density at radius 3 is 2.28 bits per heavy atom. The lowest BCUT2D eigenvalue weighted by Gasteiger charge is -2.30. The largest absolute Gasteiger partial charge is 0.350 e. The number of carbonyl (C=O) groups is 2. The first-order valence-corrected chi connectivity index (χ1v) is 10.9. The van der Waals surface area contributed by atoms with Crippen LogP contribution in [0.1, 0.15) is 33.2 Å². The molecule has 32 heavy (non-hydrogen) atoms. The number of hydrogen-bond donors (Lipinski definition) is 1. The van der Waals surface area contributed by atoms with Crippen LogP contribution >= 0.6 is 11.5 Å². The maximum Gasteiger partial charge on any atom is 0.276 e. The molecule has 7 nitrogen and oxygen atoms in total. The van der Waals surface area contributed by atoms with Crippen LogP contribution in [-0.4, -0.2) is 31.3 Å². The lowest BCUT2D eigenvalue weighted by Crippen LogP contribution is -2.43. The van der Waals surface area contributed by atoms with E-state index in [4.69, 9.17) is 0 Å². The van der Waals surface area contributed by atoms with Gasteiger partial charge in [-0.25, -0.2) is 0 Å². The number of hydrogen-bond acceptors (Lipinski definition) is 6. The summed E-state index contributed by atoms with van der Waals surface area (Å²) in [5.41, 5.74) is 2.69. The predicted octanol–water partition coefficient (Wildman–Crippen LogP) is 3.63. The van der Waals surface area contributed by atoms with Crippen LogP contribution < -0.4 is 5.32 Å². The Kier molecular flexibility index (Phi) is 6.94. The first kappa shape index (κ1) is 21.3. The standard InChI is InChI=1S/C24H21N5O2S/c30-23(26-14-18-8-3-1-4-9-18)22(20-12-7-13-25-15-20)29(16-19-10-5-2-6-11-19)24(31)21-17-32-28-27-21/h1-13,15,17,22H,14,16H2,(H,26,30). The van der Waals surface area contributed by atoms with Gasteiger partial charge in [0.1, 0.15) is 6.04 Å². The molecule has 4 aromatic rings. The first-order chi connectivity index (χ1) is 15.7. The van der Waals surface area contributed by atoms with E-state index in [1.807, 2.05) is 60.7 Å². The van der Waals surface area contributed by atoms with Crippen LogP contribution in [0.4, 0.5) is 0 Å². The molecule has 2 aromatic carbocycles. The Hall–Kier alpha value is -3.91. The van der Waals surface area contributed by atoms with Crippen molar-refractivity contribution in [2.24, 2.45) is 0 Å². The van der Waals surface area contributed by atoms with E-state index in [0.29, 0.717) is 12.1 Å². The molecule has 160 valence electrons. The Balaban J connectivity index is 1.68. The number of aromatic nitrogens is 3. The van der Waals surface area contributed by atoms with E-state index in [1.165, 1.54) is 4.90 Å². The van der Waals surface area contributed by atoms with Gasteiger partial charge in [-0.2, -0.15) is 0 Å². The van der Waals surface area contributed by atoms with Crippen LogP contribution in [0.3, 0.4) is 0 Å². The van der Waals surface area contributed by atoms with Crippen LogP contribution in [0.2, 0.25) is 0 Å². The highest BCUT2D eigenvalue weighted by atomic mass is 32.1. The Labute approximate surface area is 189 Å². The van der Waals surface area contributed by atoms with Crippen molar-refractivity contribution in [3.63, 3.8) is 0 Å². The summed E-state index contributed by atoms with van der Waals surface area (Å²) in [6.45, 7) is 0.581. The molecule has 2 amide bonds. The van der Waals surface area contributed by atoms with Gasteiger partial charge in [-0.05, 0) is 28.7 Å². The molecule has 1 N–H and O–H groups in total. The minimum absolute atomic E-state index is 0.204. The normalized spacial score (nSPS) is 11.5. The van der Waals surface area contributed by atoms with Crippen LogP contribution in [0, 0.1) is 0 Å². The summed E-state index contributed by atoms with van der Waals surface area (Å²) in [6.07, 6.45) is 3.24. The molecule has 4 rings (SSSR count). The van der Waals surface area contributed by atoms with E-state index < -0.39 is 6.04 Å². The second kappa shape index (κ2) is 10.4. The van der Waals surface area contributed by atoms with E-state index >= 15 is 0 Å². The quantitative estimate of drug-likeness (QED) is 0.449. The predicted molar refractivity (Wildman–Crippen MR) is 121 cm³/mol. The van der Waals surface area contributed by atoms with Gasteiger partial charge >= 0.3 is 0 Å². The number of benzene rings is 2. The van der Waals surface area contributed by atoms with Crippen LogP contribution in [-0.2, 0) is 17.9 Å². The molecule has 2 heterocycles. The van der Waals surface area contributed by atoms with Crippen LogP contribution in [0.25, 0.3) is 0 Å². The zero-order valence-corrected chi connectivity index (χ0v) is 18.0. The van der Waals surface area contributed by atoms with E-state index in [0.717, 1.165) is 22.7 Å². The maximum absolute atomic E-state index is 13.5. The van der Waals surface area contributed by atoms with E-state index in [-0.39, 0.29) is 24.1 Å². The fourth-order valence-electron chi connectivity index (χ4n) is 3.36. The number of rotatable bonds is 8. The van der Waals surface area contributed by atoms with Gasteiger partial charge in [0.15, 0.2) is 5.69 Å². The Morgan fingerprint density at radius 2 is 1.66 bits per heavy atom. The van der Waals surface area contributed by atoms with E-state index in [1.54, 1.807) is 29.9 Å². The SMILES string of the molecule is O=C(NCc1ccccc1)C(c1cccnc1)N(Cc1ccccc1)C(=O)c1csnn1. The summed E-state index contributed by atoms with van der Waals surface area (Å²) >= 11 is 1.09. The van der Waals surface area contributed by atoms with Crippen molar-refractivity contribution >= 4 is 23.3 Å². The molecular weight excluding hydrogens is 422 g/mol. The second-order valence-corrected chi connectivity index (χ2v) is 7.71. The van der Waals surface area contributed by atoms with Gasteiger partial charge in [-0.1, -0.05) is 71.2 Å². The monoisotopic (exact) mass is 443 g/mol. The fraction of sp³-hybridized carbons (Fsp3) is 0.125. The molecule has 0 aliphatic carbocycles. The second-order valence-electron chi connectivity index (χ2n) is 7.10. The number of nitrogens with zero attached hydrogens (tertiary/aromatic N) is 4. The van der Waals surface area contributed by atoms with Crippen molar-refractivity contribution in [3.8, 4) is 0 Å². The smallest absolute Gasteiger partial charge is 0.276 e. The van der Waals surface area contributed by atoms with Crippen molar-refractivity contribution in [1.82, 2.24) is 24.8 Å². The average molecular weight is 444 g/mol. The number of pyridine rings is 1. The summed E-state index contributed by atoms with van der Waals surface area (Å²) in [6, 6.07) is 21.8. The van der Waals surface area contributed by atoms with Gasteiger partial charge in [-0.3, -0.25) is 14.6 Å². The number of carbonyl (C=O) groups excluding carboxylic acids is 2. The fourth-order valence-corrected chi connectivity index (χ4v) is 3.79. The molecule has 0 spiro atoms. The molecule has 1 atom stereocenters. The van der Waals surface area contributed by atoms with Crippen molar-refractivity contribution in [1.29, 1.82) is 0 Å². The van der Waals surface area contributed by atoms with Crippen molar-refractivity contribution in [2.75, 3.05) is 0 Å². The minimum atomic E-state index is -0.887. The van der Waals surface area contributed by atoms with Crippen LogP contribution in [0.5, 0.6) is 0 Å². The average Bonchev–Trinajstić information content (AvgIpc) is 3.39. The molecular formula is C24H21N5O2S. The van der Waals surface area contributed by atoms with E-state index in [2.05, 4.69) is 19.9 Å².